The Morgan fingerprint density at radius 1 is 1.29 bits per heavy atom. The van der Waals surface area contributed by atoms with Crippen LogP contribution in [0.25, 0.3) is 0 Å². The van der Waals surface area contributed by atoms with Crippen LogP contribution in [0.5, 0.6) is 0 Å². The molecule has 28 heavy (non-hydrogen) atoms. The van der Waals surface area contributed by atoms with E-state index in [0.717, 1.165) is 0 Å². The van der Waals surface area contributed by atoms with Crippen molar-refractivity contribution in [2.45, 2.75) is 64.3 Å². The van der Waals surface area contributed by atoms with Crippen LogP contribution in [0.4, 0.5) is 0 Å². The van der Waals surface area contributed by atoms with Crippen molar-refractivity contribution in [3.63, 3.8) is 0 Å². The van der Waals surface area contributed by atoms with Crippen LogP contribution in [0.15, 0.2) is 23.3 Å². The number of ketones is 1. The van der Waals surface area contributed by atoms with Gasteiger partial charge >= 0.3 is 5.97 Å². The molecule has 2 saturated carbocycles. The first-order valence-electron chi connectivity index (χ1n) is 10.0. The van der Waals surface area contributed by atoms with Crippen LogP contribution in [-0.4, -0.2) is 50.5 Å². The zero-order valence-electron chi connectivity index (χ0n) is 17.2. The Balaban J connectivity index is 1.90. The summed E-state index contributed by atoms with van der Waals surface area (Å²) in [5.74, 6) is -2.42. The molecule has 6 heteroatoms. The lowest BCUT2D eigenvalue weighted by Gasteiger charge is -2.50. The van der Waals surface area contributed by atoms with Gasteiger partial charge in [0.05, 0.1) is 12.2 Å². The van der Waals surface area contributed by atoms with Crippen molar-refractivity contribution < 1.29 is 29.6 Å². The lowest BCUT2D eigenvalue weighted by molar-refractivity contribution is -0.186. The third-order valence-electron chi connectivity index (χ3n) is 8.20. The first-order valence-corrected chi connectivity index (χ1v) is 10.0. The van der Waals surface area contributed by atoms with Crippen molar-refractivity contribution >= 4 is 11.8 Å². The second-order valence-electron chi connectivity index (χ2n) is 9.94. The monoisotopic (exact) mass is 390 g/mol. The number of carbonyl (C=O) groups is 2. The molecule has 7 atom stereocenters. The minimum absolute atomic E-state index is 0.0000834. The minimum atomic E-state index is -1.75. The summed E-state index contributed by atoms with van der Waals surface area (Å²) in [5, 5.41) is 33.4. The van der Waals surface area contributed by atoms with E-state index in [-0.39, 0.29) is 42.0 Å². The van der Waals surface area contributed by atoms with Gasteiger partial charge in [-0.2, -0.15) is 0 Å². The number of fused-ring (bicyclic) bond motifs is 5. The number of Topliss-reactive ketones (excluding diaryl/α,β-unsaturated/α-hetero) is 1. The average Bonchev–Trinajstić information content (AvgIpc) is 2.99. The minimum Gasteiger partial charge on any atom is -0.458 e. The molecule has 4 rings (SSSR count). The molecule has 3 unspecified atom stereocenters. The Morgan fingerprint density at radius 2 is 1.93 bits per heavy atom. The zero-order chi connectivity index (χ0) is 20.9. The predicted molar refractivity (Wildman–Crippen MR) is 101 cm³/mol. The van der Waals surface area contributed by atoms with Gasteiger partial charge in [0.1, 0.15) is 11.2 Å². The smallest absolute Gasteiger partial charge is 0.303 e. The van der Waals surface area contributed by atoms with Crippen LogP contribution in [0, 0.1) is 29.1 Å². The molecule has 0 amide bonds. The average molecular weight is 390 g/mol. The number of hydrogen-bond donors (Lipinski definition) is 3. The van der Waals surface area contributed by atoms with Gasteiger partial charge < -0.3 is 20.1 Å². The van der Waals surface area contributed by atoms with Crippen molar-refractivity contribution in [2.75, 3.05) is 6.61 Å². The van der Waals surface area contributed by atoms with Gasteiger partial charge in [0.25, 0.3) is 0 Å². The van der Waals surface area contributed by atoms with Gasteiger partial charge in [0, 0.05) is 36.5 Å². The molecule has 0 aromatic carbocycles. The molecule has 154 valence electrons. The molecule has 4 aliphatic rings. The molecule has 0 saturated heterocycles. The first kappa shape index (κ1) is 19.8. The number of aliphatic hydroxyl groups is 3. The largest absolute Gasteiger partial charge is 0.458 e. The quantitative estimate of drug-likeness (QED) is 0.488. The van der Waals surface area contributed by atoms with Crippen molar-refractivity contribution in [2.24, 2.45) is 29.1 Å². The summed E-state index contributed by atoms with van der Waals surface area (Å²) in [6, 6.07) is 0. The number of carbonyl (C=O) groups excluding carboxylic acids is 2. The van der Waals surface area contributed by atoms with E-state index in [1.54, 1.807) is 13.0 Å². The molecule has 0 heterocycles. The van der Waals surface area contributed by atoms with Crippen molar-refractivity contribution in [1.29, 1.82) is 0 Å². The molecule has 0 aliphatic heterocycles. The lowest BCUT2D eigenvalue weighted by atomic mass is 9.60. The van der Waals surface area contributed by atoms with Crippen LogP contribution >= 0.6 is 0 Å². The number of esters is 1. The molecule has 0 aromatic heterocycles. The van der Waals surface area contributed by atoms with Crippen LogP contribution in [0.2, 0.25) is 0 Å². The normalized spacial score (nSPS) is 48.5. The maximum atomic E-state index is 12.8. The summed E-state index contributed by atoms with van der Waals surface area (Å²) in [5.41, 5.74) is -3.19. The molecule has 4 aliphatic carbocycles. The van der Waals surface area contributed by atoms with Gasteiger partial charge in [-0.1, -0.05) is 32.9 Å². The number of ether oxygens (including phenoxy) is 1. The summed E-state index contributed by atoms with van der Waals surface area (Å²) in [4.78, 5) is 24.7. The summed E-state index contributed by atoms with van der Waals surface area (Å²) in [7, 11) is 0. The first-order chi connectivity index (χ1) is 12.9. The Labute approximate surface area is 165 Å². The number of rotatable bonds is 2. The third-order valence-corrected chi connectivity index (χ3v) is 8.20. The van der Waals surface area contributed by atoms with Gasteiger partial charge in [0.2, 0.25) is 0 Å². The molecule has 0 aromatic rings. The van der Waals surface area contributed by atoms with E-state index in [9.17, 15) is 24.9 Å². The van der Waals surface area contributed by atoms with E-state index in [0.29, 0.717) is 17.6 Å². The van der Waals surface area contributed by atoms with Crippen LogP contribution in [0.1, 0.15) is 47.5 Å². The fourth-order valence-corrected chi connectivity index (χ4v) is 6.85. The summed E-state index contributed by atoms with van der Waals surface area (Å²) in [6.07, 6.45) is 4.00. The molecule has 6 nitrogen and oxygen atoms in total. The Bertz CT molecular complexity index is 825. The maximum absolute atomic E-state index is 12.8. The zero-order valence-corrected chi connectivity index (χ0v) is 17.2. The number of hydrogen-bond acceptors (Lipinski definition) is 6. The highest BCUT2D eigenvalue weighted by Crippen LogP contribution is 2.76. The summed E-state index contributed by atoms with van der Waals surface area (Å²) < 4.78 is 5.83. The van der Waals surface area contributed by atoms with Crippen LogP contribution in [-0.2, 0) is 14.3 Å². The highest BCUT2D eigenvalue weighted by atomic mass is 16.6. The standard InChI is InChI=1S/C22H30O6/c1-11-6-16-20(26,18(11)25)9-14(10-23)7-15-17-19(4,5)21(17,28-13(3)24)8-12(2)22(15,16)27/h6-7,12,15-17,23,26-27H,8-10H2,1-5H3/t12-,15?,16-,17?,20?,21+,22-/m1/s1. The molecular formula is C22H30O6. The number of aliphatic hydroxyl groups excluding tert-OH is 1. The Morgan fingerprint density at radius 3 is 2.50 bits per heavy atom. The fraction of sp³-hybridized carbons (Fsp3) is 0.727. The van der Waals surface area contributed by atoms with Gasteiger partial charge in [-0.3, -0.25) is 9.59 Å². The third kappa shape index (κ3) is 2.09. The van der Waals surface area contributed by atoms with Gasteiger partial charge in [0.15, 0.2) is 5.78 Å². The van der Waals surface area contributed by atoms with E-state index >= 15 is 0 Å². The van der Waals surface area contributed by atoms with E-state index in [1.807, 2.05) is 26.8 Å². The van der Waals surface area contributed by atoms with Crippen LogP contribution in [0.3, 0.4) is 0 Å². The lowest BCUT2D eigenvalue weighted by Crippen LogP contribution is -2.61. The molecule has 2 fully saturated rings. The van der Waals surface area contributed by atoms with Crippen molar-refractivity contribution in [3.05, 3.63) is 23.3 Å². The van der Waals surface area contributed by atoms with E-state index in [2.05, 4.69) is 0 Å². The summed E-state index contributed by atoms with van der Waals surface area (Å²) >= 11 is 0. The molecule has 3 N–H and O–H groups in total. The molecule has 0 bridgehead atoms. The second-order valence-corrected chi connectivity index (χ2v) is 9.94. The fourth-order valence-electron chi connectivity index (χ4n) is 6.85. The van der Waals surface area contributed by atoms with E-state index < -0.39 is 28.6 Å². The van der Waals surface area contributed by atoms with Gasteiger partial charge in [-0.05, 0) is 30.4 Å². The van der Waals surface area contributed by atoms with Gasteiger partial charge in [-0.15, -0.1) is 0 Å². The maximum Gasteiger partial charge on any atom is 0.303 e. The van der Waals surface area contributed by atoms with E-state index in [1.165, 1.54) is 6.92 Å². The van der Waals surface area contributed by atoms with Gasteiger partial charge in [-0.25, -0.2) is 0 Å². The van der Waals surface area contributed by atoms with Crippen LogP contribution < -0.4 is 0 Å². The molecular weight excluding hydrogens is 360 g/mol. The Kier molecular flexibility index (Phi) is 3.93. The predicted octanol–water partition coefficient (Wildman–Crippen LogP) is 1.53. The topological polar surface area (TPSA) is 104 Å². The SMILES string of the molecule is CC(=O)O[C@@]12C[C@@H](C)[C@@]3(O)C(C=C(CO)CC4(O)C(=O)C(C)=C[C@H]43)C1C2(C)C. The van der Waals surface area contributed by atoms with Crippen molar-refractivity contribution in [3.8, 4) is 0 Å². The highest BCUT2D eigenvalue weighted by Gasteiger charge is 2.83. The summed E-state index contributed by atoms with van der Waals surface area (Å²) in [6.45, 7) is 8.72. The van der Waals surface area contributed by atoms with Crippen molar-refractivity contribution in [1.82, 2.24) is 0 Å². The highest BCUT2D eigenvalue weighted by molar-refractivity contribution is 6.04. The van der Waals surface area contributed by atoms with E-state index in [4.69, 9.17) is 4.74 Å². The second kappa shape index (κ2) is 5.55. The molecule has 0 radical (unpaired) electrons. The Hall–Kier alpha value is -1.50. The molecule has 0 spiro atoms.